The van der Waals surface area contributed by atoms with Crippen LogP contribution in [-0.4, -0.2) is 199 Å². The molecule has 93 heavy (non-hydrogen) atoms. The second kappa shape index (κ2) is 42.2. The van der Waals surface area contributed by atoms with Crippen molar-refractivity contribution in [3.8, 4) is 0 Å². The SMILES string of the molecule is C/C=C(\C)C(=O)NC(COCCC(=O)NCCCC(C)(C)CC(C)(C)COC1OC(COC(C)=O)C(OC(C)=O)C(OC(C)=O)C1NC(C)=O)COCCC(=O)NCCCC(C)(C)CC(C)(C)COC(OC(COC(C)=O)[C@@H](C)OC(C)=O)[C@H](COC(C)=O)NC(C)=O. The van der Waals surface area contributed by atoms with Crippen molar-refractivity contribution < 1.29 is 110 Å². The predicted octanol–water partition coefficient (Wildman–Crippen LogP) is 4.91. The monoisotopic (exact) mass is 1330 g/mol. The molecule has 1 aliphatic heterocycles. The first-order chi connectivity index (χ1) is 43.1. The fourth-order valence-corrected chi connectivity index (χ4v) is 10.9. The maximum atomic E-state index is 12.9. The Kier molecular flexibility index (Phi) is 38.4. The van der Waals surface area contributed by atoms with Gasteiger partial charge in [-0.25, -0.2) is 0 Å². The molecule has 0 bridgehead atoms. The predicted molar refractivity (Wildman–Crippen MR) is 338 cm³/mol. The molecule has 1 fully saturated rings. The number of carbonyl (C=O) groups excluding carboxylic acids is 11. The van der Waals surface area contributed by atoms with Gasteiger partial charge in [0.05, 0.1) is 45.7 Å². The molecule has 1 saturated heterocycles. The number of esters is 6. The molecule has 0 aliphatic carbocycles. The van der Waals surface area contributed by atoms with Gasteiger partial charge in [-0.2, -0.15) is 0 Å². The van der Waals surface area contributed by atoms with Crippen LogP contribution in [0.3, 0.4) is 0 Å². The van der Waals surface area contributed by atoms with Gasteiger partial charge in [0.1, 0.15) is 50.2 Å². The molecular weight excluding hydrogens is 1220 g/mol. The van der Waals surface area contributed by atoms with Gasteiger partial charge in [-0.05, 0) is 81.0 Å². The molecule has 5 N–H and O–H groups in total. The largest absolute Gasteiger partial charge is 0.463 e. The second-order valence-electron chi connectivity index (χ2n) is 26.8. The first-order valence-corrected chi connectivity index (χ1v) is 31.8. The summed E-state index contributed by atoms with van der Waals surface area (Å²) in [7, 11) is 0. The summed E-state index contributed by atoms with van der Waals surface area (Å²) in [6.07, 6.45) is -2.08. The number of carbonyl (C=O) groups is 11. The van der Waals surface area contributed by atoms with Crippen molar-refractivity contribution in [2.24, 2.45) is 21.7 Å². The van der Waals surface area contributed by atoms with Gasteiger partial charge < -0.3 is 83.4 Å². The standard InChI is InChI=1S/C65H111N5O23/c1-20-40(2)59(81)70-50(31-82-29-23-54(79)66-27-21-25-62(12,13)36-64(16,17)38-87-60(51(68-42(4)71)33-84-44(6)73)92-52(34-85-45(7)74)41(3)89-47(9)76)32-83-30-24-55(80)67-28-22-26-63(14,15)37-65(18,19)39-88-61-56(69-43(5)72)58(91-49(11)78)57(90-48(10)77)53(93-61)35-86-46(8)75/h20,41,50-53,56-58,60-61H,21-39H2,1-19H3,(H,66,79)(H,67,80)(H,68,71)(H,69,72)(H,70,81)/b40-20+/t41-,50?,51+,52?,53?,56?,57?,58?,60?,61?/m1/s1. The van der Waals surface area contributed by atoms with Crippen molar-refractivity contribution in [2.45, 2.75) is 244 Å². The Bertz CT molecular complexity index is 2450. The minimum atomic E-state index is -1.24. The smallest absolute Gasteiger partial charge is 0.303 e. The van der Waals surface area contributed by atoms with E-state index in [9.17, 15) is 52.7 Å². The molecule has 0 spiro atoms. The molecule has 1 rings (SSSR count). The maximum absolute atomic E-state index is 12.9. The summed E-state index contributed by atoms with van der Waals surface area (Å²) in [5.41, 5.74) is -0.958. The Morgan fingerprint density at radius 1 is 0.559 bits per heavy atom. The number of ether oxygens (including phenoxy) is 12. The normalized spacial score (nSPS) is 18.6. The van der Waals surface area contributed by atoms with Gasteiger partial charge >= 0.3 is 35.8 Å². The fourth-order valence-electron chi connectivity index (χ4n) is 10.9. The Morgan fingerprint density at radius 3 is 1.52 bits per heavy atom. The topological polar surface area (TPSA) is 359 Å². The van der Waals surface area contributed by atoms with E-state index in [1.807, 2.05) is 27.7 Å². The van der Waals surface area contributed by atoms with Gasteiger partial charge in [-0.1, -0.05) is 61.5 Å². The number of hydrogen-bond donors (Lipinski definition) is 5. The van der Waals surface area contributed by atoms with Gasteiger partial charge in [-0.3, -0.25) is 52.7 Å². The lowest BCUT2D eigenvalue weighted by Gasteiger charge is -2.45. The number of rotatable bonds is 45. The van der Waals surface area contributed by atoms with Crippen LogP contribution in [0.4, 0.5) is 0 Å². The van der Waals surface area contributed by atoms with Crippen LogP contribution in [0.15, 0.2) is 11.6 Å². The Labute approximate surface area is 549 Å². The zero-order chi connectivity index (χ0) is 70.9. The summed E-state index contributed by atoms with van der Waals surface area (Å²) >= 11 is 0. The Hall–Kier alpha value is -6.33. The highest BCUT2D eigenvalue weighted by atomic mass is 16.7. The van der Waals surface area contributed by atoms with Crippen LogP contribution < -0.4 is 26.6 Å². The van der Waals surface area contributed by atoms with Gasteiger partial charge in [0.2, 0.25) is 29.5 Å². The van der Waals surface area contributed by atoms with E-state index in [2.05, 4.69) is 54.3 Å². The van der Waals surface area contributed by atoms with Crippen LogP contribution in [0.5, 0.6) is 0 Å². The van der Waals surface area contributed by atoms with Crippen molar-refractivity contribution in [3.63, 3.8) is 0 Å². The lowest BCUT2D eigenvalue weighted by atomic mass is 9.73. The van der Waals surface area contributed by atoms with Gasteiger partial charge in [0.25, 0.3) is 0 Å². The van der Waals surface area contributed by atoms with E-state index in [1.54, 1.807) is 26.8 Å². The van der Waals surface area contributed by atoms with Crippen molar-refractivity contribution in [1.29, 1.82) is 0 Å². The van der Waals surface area contributed by atoms with Crippen molar-refractivity contribution in [3.05, 3.63) is 11.6 Å². The third kappa shape index (κ3) is 38.6. The van der Waals surface area contributed by atoms with Crippen LogP contribution in [0.1, 0.15) is 183 Å². The van der Waals surface area contributed by atoms with Crippen LogP contribution in [0.2, 0.25) is 0 Å². The molecule has 1 heterocycles. The molecule has 0 radical (unpaired) electrons. The number of amides is 5. The molecule has 10 atom stereocenters. The molecule has 1 aliphatic rings. The lowest BCUT2D eigenvalue weighted by Crippen LogP contribution is -2.66. The van der Waals surface area contributed by atoms with E-state index in [0.717, 1.165) is 19.8 Å². The molecular formula is C65H111N5O23. The summed E-state index contributed by atoms with van der Waals surface area (Å²) < 4.78 is 68.9. The van der Waals surface area contributed by atoms with Crippen LogP contribution in [-0.2, 0) is 110 Å². The number of allylic oxidation sites excluding steroid dienone is 1. The molecule has 534 valence electrons. The molecule has 5 amide bonds. The average molecular weight is 1330 g/mol. The Morgan fingerprint density at radius 2 is 1.05 bits per heavy atom. The zero-order valence-corrected chi connectivity index (χ0v) is 58.7. The minimum absolute atomic E-state index is 0.0442. The highest BCUT2D eigenvalue weighted by Gasteiger charge is 2.52. The van der Waals surface area contributed by atoms with Crippen LogP contribution in [0.25, 0.3) is 0 Å². The second-order valence-corrected chi connectivity index (χ2v) is 26.8. The van der Waals surface area contributed by atoms with E-state index in [0.29, 0.717) is 44.3 Å². The van der Waals surface area contributed by atoms with E-state index in [1.165, 1.54) is 48.5 Å². The number of nitrogens with one attached hydrogen (secondary N) is 5. The minimum Gasteiger partial charge on any atom is -0.463 e. The van der Waals surface area contributed by atoms with Crippen molar-refractivity contribution in [2.75, 3.05) is 72.6 Å². The van der Waals surface area contributed by atoms with Crippen LogP contribution in [0, 0.1) is 21.7 Å². The van der Waals surface area contributed by atoms with E-state index in [4.69, 9.17) is 56.8 Å². The van der Waals surface area contributed by atoms with Crippen molar-refractivity contribution >= 4 is 65.4 Å². The summed E-state index contributed by atoms with van der Waals surface area (Å²) in [6, 6.07) is -2.68. The quantitative estimate of drug-likeness (QED) is 0.0178. The Balaban J connectivity index is 2.76. The van der Waals surface area contributed by atoms with Gasteiger partial charge in [0, 0.05) is 86.9 Å². The molecule has 28 heteroatoms. The third-order valence-corrected chi connectivity index (χ3v) is 14.5. The summed E-state index contributed by atoms with van der Waals surface area (Å²) in [4.78, 5) is 135. The maximum Gasteiger partial charge on any atom is 0.303 e. The first-order valence-electron chi connectivity index (χ1n) is 31.8. The highest BCUT2D eigenvalue weighted by molar-refractivity contribution is 5.92. The molecule has 0 aromatic rings. The summed E-state index contributed by atoms with van der Waals surface area (Å²) in [5, 5.41) is 14.2. The molecule has 0 saturated carbocycles. The lowest BCUT2D eigenvalue weighted by molar-refractivity contribution is -0.282. The average Bonchev–Trinajstić information content (AvgIpc) is 0.792. The summed E-state index contributed by atoms with van der Waals surface area (Å²) in [6.45, 7) is 31.4. The number of hydrogen-bond acceptors (Lipinski definition) is 23. The summed E-state index contributed by atoms with van der Waals surface area (Å²) in [5.74, 6) is -5.53. The van der Waals surface area contributed by atoms with Gasteiger partial charge in [-0.15, -0.1) is 0 Å². The molecule has 0 aromatic heterocycles. The van der Waals surface area contributed by atoms with Crippen molar-refractivity contribution in [1.82, 2.24) is 26.6 Å². The molecule has 28 nitrogen and oxygen atoms in total. The molecule has 0 aromatic carbocycles. The van der Waals surface area contributed by atoms with Gasteiger partial charge in [0.15, 0.2) is 24.8 Å². The zero-order valence-electron chi connectivity index (χ0n) is 58.7. The van der Waals surface area contributed by atoms with E-state index >= 15 is 0 Å². The van der Waals surface area contributed by atoms with E-state index in [-0.39, 0.29) is 101 Å². The molecule has 8 unspecified atom stereocenters. The van der Waals surface area contributed by atoms with Crippen LogP contribution >= 0.6 is 0 Å². The third-order valence-electron chi connectivity index (χ3n) is 14.5. The van der Waals surface area contributed by atoms with E-state index < -0.39 is 120 Å². The first kappa shape index (κ1) is 84.7. The highest BCUT2D eigenvalue weighted by Crippen LogP contribution is 2.39. The fraction of sp³-hybridized carbons (Fsp3) is 0.800.